The molecule has 2 N–H and O–H groups in total. The van der Waals surface area contributed by atoms with Crippen LogP contribution in [0.1, 0.15) is 22.3 Å². The van der Waals surface area contributed by atoms with Gasteiger partial charge in [-0.05, 0) is 41.4 Å². The molecule has 1 aliphatic heterocycles. The van der Waals surface area contributed by atoms with Gasteiger partial charge >= 0.3 is 0 Å². The summed E-state index contributed by atoms with van der Waals surface area (Å²) in [6, 6.07) is 5.66. The van der Waals surface area contributed by atoms with Crippen molar-refractivity contribution in [2.75, 3.05) is 13.1 Å². The average Bonchev–Trinajstić information content (AvgIpc) is 2.81. The summed E-state index contributed by atoms with van der Waals surface area (Å²) < 4.78 is 0.778. The standard InChI is InChI=1S/C13H15BrN2O2/c1-8-2-3-11(14)10(6-8)13(18)16-5-4-9(7-16)12(15)17/h2-3,6,9H,4-5,7H2,1H3,(H2,15,17). The zero-order valence-electron chi connectivity index (χ0n) is 10.1. The molecule has 1 aromatic rings. The summed E-state index contributed by atoms with van der Waals surface area (Å²) >= 11 is 3.38. The fourth-order valence-electron chi connectivity index (χ4n) is 2.15. The van der Waals surface area contributed by atoms with Gasteiger partial charge in [-0.25, -0.2) is 0 Å². The van der Waals surface area contributed by atoms with Crippen LogP contribution in [0.4, 0.5) is 0 Å². The third-order valence-electron chi connectivity index (χ3n) is 3.23. The molecule has 1 heterocycles. The second-order valence-electron chi connectivity index (χ2n) is 4.62. The van der Waals surface area contributed by atoms with Gasteiger partial charge in [0.05, 0.1) is 11.5 Å². The smallest absolute Gasteiger partial charge is 0.255 e. The Morgan fingerprint density at radius 3 is 2.78 bits per heavy atom. The highest BCUT2D eigenvalue weighted by molar-refractivity contribution is 9.10. The normalized spacial score (nSPS) is 19.0. The molecule has 1 atom stereocenters. The monoisotopic (exact) mass is 310 g/mol. The van der Waals surface area contributed by atoms with Crippen molar-refractivity contribution in [1.82, 2.24) is 4.90 Å². The number of nitrogens with two attached hydrogens (primary N) is 1. The van der Waals surface area contributed by atoms with Crippen LogP contribution in [0.5, 0.6) is 0 Å². The number of primary amides is 1. The maximum atomic E-state index is 12.3. The van der Waals surface area contributed by atoms with Gasteiger partial charge in [0.15, 0.2) is 0 Å². The average molecular weight is 311 g/mol. The first-order chi connectivity index (χ1) is 8.49. The third kappa shape index (κ3) is 2.56. The van der Waals surface area contributed by atoms with Crippen molar-refractivity contribution < 1.29 is 9.59 Å². The van der Waals surface area contributed by atoms with E-state index < -0.39 is 0 Å². The van der Waals surface area contributed by atoms with Gasteiger partial charge < -0.3 is 10.6 Å². The molecule has 0 aromatic heterocycles. The number of benzene rings is 1. The van der Waals surface area contributed by atoms with Gasteiger partial charge in [0.1, 0.15) is 0 Å². The molecule has 0 spiro atoms. The molecule has 1 fully saturated rings. The first kappa shape index (κ1) is 13.1. The summed E-state index contributed by atoms with van der Waals surface area (Å²) in [5.41, 5.74) is 6.94. The number of rotatable bonds is 2. The molecule has 0 aliphatic carbocycles. The highest BCUT2D eigenvalue weighted by Crippen LogP contribution is 2.23. The van der Waals surface area contributed by atoms with Gasteiger partial charge in [-0.1, -0.05) is 11.6 Å². The van der Waals surface area contributed by atoms with E-state index >= 15 is 0 Å². The van der Waals surface area contributed by atoms with Crippen LogP contribution in [-0.2, 0) is 4.79 Å². The molecular weight excluding hydrogens is 296 g/mol. The molecule has 0 saturated carbocycles. The molecule has 2 amide bonds. The van der Waals surface area contributed by atoms with E-state index in [9.17, 15) is 9.59 Å². The SMILES string of the molecule is Cc1ccc(Br)c(C(=O)N2CCC(C(N)=O)C2)c1. The number of nitrogens with zero attached hydrogens (tertiary/aromatic N) is 1. The molecule has 96 valence electrons. The largest absolute Gasteiger partial charge is 0.369 e. The molecule has 18 heavy (non-hydrogen) atoms. The molecular formula is C13H15BrN2O2. The van der Waals surface area contributed by atoms with Crippen LogP contribution in [0.15, 0.2) is 22.7 Å². The fourth-order valence-corrected chi connectivity index (χ4v) is 2.57. The molecule has 2 rings (SSSR count). The zero-order chi connectivity index (χ0) is 13.3. The van der Waals surface area contributed by atoms with Crippen molar-refractivity contribution in [2.24, 2.45) is 11.7 Å². The van der Waals surface area contributed by atoms with E-state index in [1.54, 1.807) is 4.90 Å². The molecule has 1 aromatic carbocycles. The summed E-state index contributed by atoms with van der Waals surface area (Å²) in [6.45, 7) is 2.96. The Kier molecular flexibility index (Phi) is 3.71. The summed E-state index contributed by atoms with van der Waals surface area (Å²) in [5, 5.41) is 0. The van der Waals surface area contributed by atoms with Crippen LogP contribution in [0.3, 0.4) is 0 Å². The quantitative estimate of drug-likeness (QED) is 0.903. The number of carbonyl (C=O) groups is 2. The molecule has 4 nitrogen and oxygen atoms in total. The van der Waals surface area contributed by atoms with Gasteiger partial charge in [0, 0.05) is 17.6 Å². The lowest BCUT2D eigenvalue weighted by Crippen LogP contribution is -2.32. The van der Waals surface area contributed by atoms with Crippen molar-refractivity contribution in [1.29, 1.82) is 0 Å². The van der Waals surface area contributed by atoms with E-state index in [-0.39, 0.29) is 17.7 Å². The maximum absolute atomic E-state index is 12.3. The minimum Gasteiger partial charge on any atom is -0.369 e. The Morgan fingerprint density at radius 1 is 1.44 bits per heavy atom. The number of likely N-dealkylation sites (tertiary alicyclic amines) is 1. The summed E-state index contributed by atoms with van der Waals surface area (Å²) in [6.07, 6.45) is 0.657. The van der Waals surface area contributed by atoms with Gasteiger partial charge in [-0.2, -0.15) is 0 Å². The zero-order valence-corrected chi connectivity index (χ0v) is 11.7. The first-order valence-electron chi connectivity index (χ1n) is 5.84. The van der Waals surface area contributed by atoms with E-state index in [4.69, 9.17) is 5.73 Å². The maximum Gasteiger partial charge on any atom is 0.255 e. The van der Waals surface area contributed by atoms with E-state index in [1.165, 1.54) is 0 Å². The highest BCUT2D eigenvalue weighted by Gasteiger charge is 2.30. The van der Waals surface area contributed by atoms with E-state index in [2.05, 4.69) is 15.9 Å². The van der Waals surface area contributed by atoms with Crippen LogP contribution in [0, 0.1) is 12.8 Å². The molecule has 1 unspecified atom stereocenters. The number of carbonyl (C=O) groups excluding carboxylic acids is 2. The number of halogens is 1. The molecule has 0 radical (unpaired) electrons. The predicted molar refractivity (Wildman–Crippen MR) is 72.1 cm³/mol. The Labute approximate surface area is 114 Å². The van der Waals surface area contributed by atoms with Crippen molar-refractivity contribution in [3.05, 3.63) is 33.8 Å². The lowest BCUT2D eigenvalue weighted by atomic mass is 10.1. The number of aryl methyl sites for hydroxylation is 1. The number of hydrogen-bond acceptors (Lipinski definition) is 2. The van der Waals surface area contributed by atoms with Crippen LogP contribution in [-0.4, -0.2) is 29.8 Å². The fraction of sp³-hybridized carbons (Fsp3) is 0.385. The van der Waals surface area contributed by atoms with Crippen molar-refractivity contribution >= 4 is 27.7 Å². The van der Waals surface area contributed by atoms with E-state index in [0.717, 1.165) is 10.0 Å². The summed E-state index contributed by atoms with van der Waals surface area (Å²) in [5.74, 6) is -0.583. The molecule has 0 bridgehead atoms. The Bertz CT molecular complexity index is 502. The van der Waals surface area contributed by atoms with Gasteiger partial charge in [-0.3, -0.25) is 9.59 Å². The van der Waals surface area contributed by atoms with Crippen LogP contribution < -0.4 is 5.73 Å². The highest BCUT2D eigenvalue weighted by atomic mass is 79.9. The Hall–Kier alpha value is -1.36. The Morgan fingerprint density at radius 2 is 2.17 bits per heavy atom. The van der Waals surface area contributed by atoms with Crippen molar-refractivity contribution in [3.63, 3.8) is 0 Å². The second-order valence-corrected chi connectivity index (χ2v) is 5.48. The topological polar surface area (TPSA) is 63.4 Å². The third-order valence-corrected chi connectivity index (χ3v) is 3.92. The lowest BCUT2D eigenvalue weighted by molar-refractivity contribution is -0.121. The van der Waals surface area contributed by atoms with E-state index in [1.807, 2.05) is 25.1 Å². The molecule has 5 heteroatoms. The first-order valence-corrected chi connectivity index (χ1v) is 6.63. The number of amides is 2. The van der Waals surface area contributed by atoms with Gasteiger partial charge in [0.25, 0.3) is 5.91 Å². The summed E-state index contributed by atoms with van der Waals surface area (Å²) in [4.78, 5) is 25.1. The minimum absolute atomic E-state index is 0.0469. The van der Waals surface area contributed by atoms with E-state index in [0.29, 0.717) is 25.1 Å². The lowest BCUT2D eigenvalue weighted by Gasteiger charge is -2.17. The Balaban J connectivity index is 2.17. The van der Waals surface area contributed by atoms with Gasteiger partial charge in [-0.15, -0.1) is 0 Å². The van der Waals surface area contributed by atoms with Crippen LogP contribution in [0.2, 0.25) is 0 Å². The minimum atomic E-state index is -0.325. The van der Waals surface area contributed by atoms with Crippen LogP contribution >= 0.6 is 15.9 Å². The van der Waals surface area contributed by atoms with Crippen LogP contribution in [0.25, 0.3) is 0 Å². The van der Waals surface area contributed by atoms with Gasteiger partial charge in [0.2, 0.25) is 5.91 Å². The molecule has 1 aliphatic rings. The predicted octanol–water partition coefficient (Wildman–Crippen LogP) is 1.70. The van der Waals surface area contributed by atoms with Crippen molar-refractivity contribution in [3.8, 4) is 0 Å². The number of hydrogen-bond donors (Lipinski definition) is 1. The summed E-state index contributed by atoms with van der Waals surface area (Å²) in [7, 11) is 0. The van der Waals surface area contributed by atoms with Crippen molar-refractivity contribution in [2.45, 2.75) is 13.3 Å². The second kappa shape index (κ2) is 5.10. The molecule has 1 saturated heterocycles.